The third kappa shape index (κ3) is 4.21. The number of aliphatic hydroxyl groups excluding tert-OH is 2. The van der Waals surface area contributed by atoms with Gasteiger partial charge < -0.3 is 14.9 Å². The Bertz CT molecular complexity index is 780. The van der Waals surface area contributed by atoms with Crippen molar-refractivity contribution in [2.24, 2.45) is 5.92 Å². The Kier molecular flexibility index (Phi) is 6.23. The Morgan fingerprint density at radius 1 is 1.40 bits per heavy atom. The molecule has 4 N–H and O–H groups in total. The molecule has 2 aromatic rings. The summed E-state index contributed by atoms with van der Waals surface area (Å²) in [5.41, 5.74) is -0.301. The molecule has 0 bridgehead atoms. The predicted octanol–water partition coefficient (Wildman–Crippen LogP) is -0.00750. The number of aromatic nitrogens is 4. The second-order valence-electron chi connectivity index (χ2n) is 5.87. The Labute approximate surface area is 143 Å². The number of ether oxygens (including phenoxy) is 1. The van der Waals surface area contributed by atoms with E-state index in [4.69, 9.17) is 4.74 Å². The van der Waals surface area contributed by atoms with Crippen molar-refractivity contribution in [2.45, 2.75) is 39.5 Å². The van der Waals surface area contributed by atoms with Gasteiger partial charge in [-0.05, 0) is 6.42 Å². The van der Waals surface area contributed by atoms with Gasteiger partial charge in [0.05, 0.1) is 25.6 Å². The first-order chi connectivity index (χ1) is 11.9. The lowest BCUT2D eigenvalue weighted by molar-refractivity contribution is -0.118. The monoisotopic (exact) mass is 353 g/mol. The van der Waals surface area contributed by atoms with Gasteiger partial charge in [0.15, 0.2) is 17.4 Å². The summed E-state index contributed by atoms with van der Waals surface area (Å²) in [6.45, 7) is 4.66. The standard InChI is InChI=1S/C15H23N5O5/c1-4-9(5-21)25-10(6-22)20-7-16-11-12(20)17-15(19-14(11)24)18-13(23)8(2)3/h7-10,21-22H,4-6H2,1-3H3,(H2,17,18,19,23,24)/t9-,10-/m0/s1. The summed E-state index contributed by atoms with van der Waals surface area (Å²) in [6.07, 6.45) is 0.525. The van der Waals surface area contributed by atoms with E-state index in [1.807, 2.05) is 6.92 Å². The van der Waals surface area contributed by atoms with Crippen molar-refractivity contribution in [1.29, 1.82) is 0 Å². The maximum absolute atomic E-state index is 12.1. The van der Waals surface area contributed by atoms with Gasteiger partial charge in [0.2, 0.25) is 11.9 Å². The molecule has 0 aromatic carbocycles. The van der Waals surface area contributed by atoms with E-state index < -0.39 is 24.5 Å². The summed E-state index contributed by atoms with van der Waals surface area (Å²) < 4.78 is 7.03. The van der Waals surface area contributed by atoms with Crippen LogP contribution in [0.25, 0.3) is 11.2 Å². The van der Waals surface area contributed by atoms with Crippen LogP contribution in [0, 0.1) is 5.92 Å². The average molecular weight is 353 g/mol. The van der Waals surface area contributed by atoms with Gasteiger partial charge in [-0.3, -0.25) is 24.5 Å². The van der Waals surface area contributed by atoms with Crippen molar-refractivity contribution in [3.63, 3.8) is 0 Å². The average Bonchev–Trinajstić information content (AvgIpc) is 3.00. The van der Waals surface area contributed by atoms with Crippen LogP contribution >= 0.6 is 0 Å². The molecule has 0 saturated heterocycles. The highest BCUT2D eigenvalue weighted by atomic mass is 16.5. The minimum absolute atomic E-state index is 0.0103. The lowest BCUT2D eigenvalue weighted by Gasteiger charge is -2.22. The number of hydrogen-bond donors (Lipinski definition) is 4. The molecule has 0 radical (unpaired) electrons. The Morgan fingerprint density at radius 3 is 2.68 bits per heavy atom. The molecule has 2 rings (SSSR count). The predicted molar refractivity (Wildman–Crippen MR) is 90.0 cm³/mol. The molecule has 0 saturated carbocycles. The van der Waals surface area contributed by atoms with E-state index in [0.717, 1.165) is 0 Å². The summed E-state index contributed by atoms with van der Waals surface area (Å²) in [7, 11) is 0. The van der Waals surface area contributed by atoms with Crippen LogP contribution in [0.5, 0.6) is 0 Å². The van der Waals surface area contributed by atoms with Crippen molar-refractivity contribution >= 4 is 23.0 Å². The summed E-state index contributed by atoms with van der Waals surface area (Å²) >= 11 is 0. The molecule has 25 heavy (non-hydrogen) atoms. The number of H-pyrrole nitrogens is 1. The fourth-order valence-electron chi connectivity index (χ4n) is 2.14. The lowest BCUT2D eigenvalue weighted by Crippen LogP contribution is -2.26. The summed E-state index contributed by atoms with van der Waals surface area (Å²) in [5, 5.41) is 21.4. The van der Waals surface area contributed by atoms with Crippen LogP contribution in [0.1, 0.15) is 33.4 Å². The maximum atomic E-state index is 12.1. The van der Waals surface area contributed by atoms with E-state index >= 15 is 0 Å². The molecule has 0 aliphatic rings. The molecule has 2 aromatic heterocycles. The molecule has 10 nitrogen and oxygen atoms in total. The van der Waals surface area contributed by atoms with E-state index in [0.29, 0.717) is 6.42 Å². The molecule has 0 aliphatic carbocycles. The zero-order chi connectivity index (χ0) is 18.6. The first kappa shape index (κ1) is 19.0. The molecule has 0 unspecified atom stereocenters. The highest BCUT2D eigenvalue weighted by Gasteiger charge is 2.21. The number of anilines is 1. The summed E-state index contributed by atoms with van der Waals surface area (Å²) in [6, 6.07) is 0. The largest absolute Gasteiger partial charge is 0.394 e. The molecule has 0 fully saturated rings. The van der Waals surface area contributed by atoms with Crippen LogP contribution in [0.2, 0.25) is 0 Å². The third-order valence-electron chi connectivity index (χ3n) is 3.67. The number of carbonyl (C=O) groups excluding carboxylic acids is 1. The Morgan fingerprint density at radius 2 is 2.12 bits per heavy atom. The van der Waals surface area contributed by atoms with Crippen molar-refractivity contribution in [1.82, 2.24) is 19.5 Å². The number of hydrogen-bond acceptors (Lipinski definition) is 7. The second kappa shape index (κ2) is 8.19. The fourth-order valence-corrected chi connectivity index (χ4v) is 2.14. The quantitative estimate of drug-likeness (QED) is 0.523. The van der Waals surface area contributed by atoms with Gasteiger partial charge in [0, 0.05) is 5.92 Å². The smallest absolute Gasteiger partial charge is 0.280 e. The van der Waals surface area contributed by atoms with E-state index in [2.05, 4.69) is 20.3 Å². The van der Waals surface area contributed by atoms with Crippen molar-refractivity contribution in [2.75, 3.05) is 18.5 Å². The van der Waals surface area contributed by atoms with Crippen molar-refractivity contribution in [3.05, 3.63) is 16.7 Å². The molecule has 2 heterocycles. The lowest BCUT2D eigenvalue weighted by atomic mass is 10.2. The van der Waals surface area contributed by atoms with Crippen LogP contribution in [0.15, 0.2) is 11.1 Å². The minimum Gasteiger partial charge on any atom is -0.394 e. The van der Waals surface area contributed by atoms with Gasteiger partial charge in [-0.1, -0.05) is 20.8 Å². The van der Waals surface area contributed by atoms with Crippen LogP contribution in [-0.2, 0) is 9.53 Å². The number of fused-ring (bicyclic) bond motifs is 1. The van der Waals surface area contributed by atoms with Gasteiger partial charge in [-0.2, -0.15) is 4.98 Å². The van der Waals surface area contributed by atoms with Gasteiger partial charge in [0.1, 0.15) is 0 Å². The molecular formula is C15H23N5O5. The molecule has 1 amide bonds. The van der Waals surface area contributed by atoms with Gasteiger partial charge in [-0.25, -0.2) is 4.98 Å². The number of aliphatic hydroxyl groups is 2. The molecule has 10 heteroatoms. The Balaban J connectivity index is 2.42. The number of imidazole rings is 1. The molecule has 2 atom stereocenters. The third-order valence-corrected chi connectivity index (χ3v) is 3.67. The van der Waals surface area contributed by atoms with Crippen LogP contribution in [0.3, 0.4) is 0 Å². The number of nitrogens with one attached hydrogen (secondary N) is 2. The first-order valence-electron chi connectivity index (χ1n) is 8.06. The number of amides is 1. The van der Waals surface area contributed by atoms with Gasteiger partial charge in [0.25, 0.3) is 5.56 Å². The summed E-state index contributed by atoms with van der Waals surface area (Å²) in [4.78, 5) is 34.6. The van der Waals surface area contributed by atoms with Crippen LogP contribution in [0.4, 0.5) is 5.95 Å². The SMILES string of the molecule is CC[C@@H](CO)O[C@@H](CO)n1cnc2c(=O)[nH]c(NC(=O)C(C)C)nc21. The normalized spacial score (nSPS) is 14.0. The topological polar surface area (TPSA) is 142 Å². The van der Waals surface area contributed by atoms with Crippen molar-refractivity contribution < 1.29 is 19.7 Å². The zero-order valence-corrected chi connectivity index (χ0v) is 14.4. The maximum Gasteiger partial charge on any atom is 0.280 e. The highest BCUT2D eigenvalue weighted by molar-refractivity contribution is 5.91. The molecule has 0 aliphatic heterocycles. The van der Waals surface area contributed by atoms with Crippen LogP contribution in [-0.4, -0.2) is 55.0 Å². The second-order valence-corrected chi connectivity index (χ2v) is 5.87. The van der Waals surface area contributed by atoms with Crippen molar-refractivity contribution in [3.8, 4) is 0 Å². The number of aromatic amines is 1. The highest BCUT2D eigenvalue weighted by Crippen LogP contribution is 2.18. The van der Waals surface area contributed by atoms with Gasteiger partial charge in [-0.15, -0.1) is 0 Å². The van der Waals surface area contributed by atoms with E-state index in [1.165, 1.54) is 10.9 Å². The Hall–Kier alpha value is -2.30. The minimum atomic E-state index is -0.870. The number of rotatable bonds is 8. The zero-order valence-electron chi connectivity index (χ0n) is 14.4. The van der Waals surface area contributed by atoms with E-state index in [1.54, 1.807) is 13.8 Å². The first-order valence-corrected chi connectivity index (χ1v) is 8.06. The number of nitrogens with zero attached hydrogens (tertiary/aromatic N) is 3. The molecule has 138 valence electrons. The summed E-state index contributed by atoms with van der Waals surface area (Å²) in [5.74, 6) is -0.590. The van der Waals surface area contributed by atoms with Gasteiger partial charge >= 0.3 is 0 Å². The molecule has 0 spiro atoms. The van der Waals surface area contributed by atoms with Crippen LogP contribution < -0.4 is 10.9 Å². The number of carbonyl (C=O) groups is 1. The van der Waals surface area contributed by atoms with E-state index in [9.17, 15) is 19.8 Å². The van der Waals surface area contributed by atoms with E-state index in [-0.39, 0.29) is 35.5 Å². The molecular weight excluding hydrogens is 330 g/mol. The fraction of sp³-hybridized carbons (Fsp3) is 0.600.